The van der Waals surface area contributed by atoms with Crippen LogP contribution in [0.4, 0.5) is 10.6 Å². The molecule has 2 heterocycles. The second-order valence-corrected chi connectivity index (χ2v) is 6.89. The third-order valence-corrected chi connectivity index (χ3v) is 4.76. The Morgan fingerprint density at radius 1 is 1.46 bits per heavy atom. The summed E-state index contributed by atoms with van der Waals surface area (Å²) < 4.78 is 1.80. The van der Waals surface area contributed by atoms with E-state index >= 15 is 0 Å². The topological polar surface area (TPSA) is 82.4 Å². The fourth-order valence-corrected chi connectivity index (χ4v) is 2.92. The van der Waals surface area contributed by atoms with E-state index in [1.807, 2.05) is 0 Å². The molecule has 0 bridgehead atoms. The molecular formula is C17H31N5O2. The van der Waals surface area contributed by atoms with E-state index in [2.05, 4.69) is 41.4 Å². The number of urea groups is 1. The summed E-state index contributed by atoms with van der Waals surface area (Å²) in [4.78, 5) is 14.3. The van der Waals surface area contributed by atoms with Crippen LogP contribution in [0.3, 0.4) is 0 Å². The number of carbonyl (C=O) groups excluding carboxylic acids is 1. The van der Waals surface area contributed by atoms with Crippen molar-refractivity contribution in [3.8, 4) is 0 Å². The molecule has 2 rings (SSSR count). The molecule has 0 saturated carbocycles. The van der Waals surface area contributed by atoms with Gasteiger partial charge in [-0.15, -0.1) is 0 Å². The summed E-state index contributed by atoms with van der Waals surface area (Å²) in [5, 5.41) is 19.9. The predicted molar refractivity (Wildman–Crippen MR) is 95.1 cm³/mol. The Hall–Kier alpha value is -1.60. The maximum atomic E-state index is 12.0. The fourth-order valence-electron chi connectivity index (χ4n) is 2.92. The van der Waals surface area contributed by atoms with Gasteiger partial charge in [0.25, 0.3) is 0 Å². The molecule has 1 saturated heterocycles. The summed E-state index contributed by atoms with van der Waals surface area (Å²) in [5.41, 5.74) is 0. The second kappa shape index (κ2) is 9.03. The summed E-state index contributed by atoms with van der Waals surface area (Å²) in [5.74, 6) is 1.44. The van der Waals surface area contributed by atoms with Crippen LogP contribution in [0.1, 0.15) is 46.1 Å². The van der Waals surface area contributed by atoms with E-state index in [1.165, 1.54) is 12.8 Å². The third kappa shape index (κ3) is 5.49. The monoisotopic (exact) mass is 337 g/mol. The average molecular weight is 337 g/mol. The van der Waals surface area contributed by atoms with E-state index in [9.17, 15) is 9.90 Å². The first-order chi connectivity index (χ1) is 11.5. The van der Waals surface area contributed by atoms with Crippen molar-refractivity contribution in [2.75, 3.05) is 31.5 Å². The number of amides is 2. The van der Waals surface area contributed by atoms with Crippen molar-refractivity contribution in [1.29, 1.82) is 0 Å². The Bertz CT molecular complexity index is 511. The molecule has 3 N–H and O–H groups in total. The van der Waals surface area contributed by atoms with Gasteiger partial charge < -0.3 is 15.3 Å². The smallest absolute Gasteiger partial charge is 0.320 e. The highest BCUT2D eigenvalue weighted by Gasteiger charge is 2.19. The molecule has 24 heavy (non-hydrogen) atoms. The van der Waals surface area contributed by atoms with E-state index in [0.717, 1.165) is 25.4 Å². The summed E-state index contributed by atoms with van der Waals surface area (Å²) in [7, 11) is 0. The first-order valence-electron chi connectivity index (χ1n) is 8.98. The van der Waals surface area contributed by atoms with E-state index in [-0.39, 0.29) is 18.6 Å². The molecule has 1 fully saturated rings. The minimum atomic E-state index is -0.552. The molecular weight excluding hydrogens is 306 g/mol. The maximum Gasteiger partial charge on any atom is 0.320 e. The molecule has 7 heteroatoms. The van der Waals surface area contributed by atoms with Gasteiger partial charge in [0.05, 0.1) is 18.3 Å². The van der Waals surface area contributed by atoms with Gasteiger partial charge in [0.1, 0.15) is 5.82 Å². The van der Waals surface area contributed by atoms with Gasteiger partial charge in [-0.05, 0) is 45.2 Å². The van der Waals surface area contributed by atoms with Crippen molar-refractivity contribution in [3.05, 3.63) is 12.3 Å². The standard InChI is InChI=1S/C17H31N5O2/c1-4-14(3)22-16(5-8-19-22)20-17(24)18-11-15(23)12-21-9-6-13(2)7-10-21/h5,8,13-15,23H,4,6-7,9-12H2,1-3H3,(H2,18,20,24). The molecule has 0 aliphatic carbocycles. The molecule has 7 nitrogen and oxygen atoms in total. The number of anilines is 1. The van der Waals surface area contributed by atoms with Gasteiger partial charge in [0.15, 0.2) is 0 Å². The van der Waals surface area contributed by atoms with E-state index in [4.69, 9.17) is 0 Å². The van der Waals surface area contributed by atoms with Gasteiger partial charge in [-0.25, -0.2) is 9.48 Å². The Kier molecular flexibility index (Phi) is 7.05. The van der Waals surface area contributed by atoms with E-state index < -0.39 is 6.10 Å². The number of aromatic nitrogens is 2. The zero-order valence-electron chi connectivity index (χ0n) is 15.0. The highest BCUT2D eigenvalue weighted by Crippen LogP contribution is 2.17. The van der Waals surface area contributed by atoms with Crippen molar-refractivity contribution in [3.63, 3.8) is 0 Å². The van der Waals surface area contributed by atoms with Gasteiger partial charge in [-0.2, -0.15) is 5.10 Å². The normalized spacial score (nSPS) is 19.0. The summed E-state index contributed by atoms with van der Waals surface area (Å²) in [6.07, 6.45) is 4.42. The van der Waals surface area contributed by atoms with Gasteiger partial charge >= 0.3 is 6.03 Å². The lowest BCUT2D eigenvalue weighted by Crippen LogP contribution is -2.43. The molecule has 0 radical (unpaired) electrons. The zero-order chi connectivity index (χ0) is 17.5. The van der Waals surface area contributed by atoms with Crippen molar-refractivity contribution in [1.82, 2.24) is 20.0 Å². The molecule has 1 aliphatic heterocycles. The average Bonchev–Trinajstić information content (AvgIpc) is 3.02. The molecule has 0 spiro atoms. The van der Waals surface area contributed by atoms with Crippen molar-refractivity contribution in [2.24, 2.45) is 5.92 Å². The van der Waals surface area contributed by atoms with Gasteiger partial charge in [-0.3, -0.25) is 5.32 Å². The lowest BCUT2D eigenvalue weighted by molar-refractivity contribution is 0.0924. The lowest BCUT2D eigenvalue weighted by Gasteiger charge is -2.31. The molecule has 2 amide bonds. The number of β-amino-alcohol motifs (C(OH)–C–C–N with tert-alkyl or cyclic N) is 1. The van der Waals surface area contributed by atoms with Gasteiger partial charge in [-0.1, -0.05) is 13.8 Å². The van der Waals surface area contributed by atoms with Crippen molar-refractivity contribution < 1.29 is 9.90 Å². The molecule has 1 aliphatic rings. The lowest BCUT2D eigenvalue weighted by atomic mass is 9.99. The summed E-state index contributed by atoms with van der Waals surface area (Å²) in [6.45, 7) is 9.31. The first kappa shape index (κ1) is 18.7. The number of nitrogens with zero attached hydrogens (tertiary/aromatic N) is 3. The zero-order valence-corrected chi connectivity index (χ0v) is 15.0. The Morgan fingerprint density at radius 3 is 2.83 bits per heavy atom. The third-order valence-electron chi connectivity index (χ3n) is 4.76. The highest BCUT2D eigenvalue weighted by molar-refractivity contribution is 5.88. The number of rotatable bonds is 7. The number of nitrogens with one attached hydrogen (secondary N) is 2. The number of carbonyl (C=O) groups is 1. The number of aliphatic hydroxyl groups is 1. The van der Waals surface area contributed by atoms with Crippen LogP contribution in [-0.2, 0) is 0 Å². The minimum Gasteiger partial charge on any atom is -0.390 e. The van der Waals surface area contributed by atoms with E-state index in [0.29, 0.717) is 12.4 Å². The first-order valence-corrected chi connectivity index (χ1v) is 8.98. The number of likely N-dealkylation sites (tertiary alicyclic amines) is 1. The van der Waals surface area contributed by atoms with Crippen LogP contribution in [-0.4, -0.2) is 58.1 Å². The largest absolute Gasteiger partial charge is 0.390 e. The van der Waals surface area contributed by atoms with Gasteiger partial charge in [0, 0.05) is 19.2 Å². The minimum absolute atomic E-state index is 0.224. The molecule has 136 valence electrons. The van der Waals surface area contributed by atoms with Crippen LogP contribution >= 0.6 is 0 Å². The van der Waals surface area contributed by atoms with Crippen LogP contribution in [0, 0.1) is 5.92 Å². The van der Waals surface area contributed by atoms with Crippen molar-refractivity contribution in [2.45, 2.75) is 52.2 Å². The second-order valence-electron chi connectivity index (χ2n) is 6.89. The maximum absolute atomic E-state index is 12.0. The van der Waals surface area contributed by atoms with Crippen molar-refractivity contribution >= 4 is 11.8 Å². The van der Waals surface area contributed by atoms with Crippen LogP contribution in [0.2, 0.25) is 0 Å². The molecule has 1 aromatic rings. The SMILES string of the molecule is CCC(C)n1nccc1NC(=O)NCC(O)CN1CCC(C)CC1. The van der Waals surface area contributed by atoms with Crippen LogP contribution < -0.4 is 10.6 Å². The highest BCUT2D eigenvalue weighted by atomic mass is 16.3. The molecule has 2 atom stereocenters. The Morgan fingerprint density at radius 2 is 2.17 bits per heavy atom. The van der Waals surface area contributed by atoms with Crippen LogP contribution in [0.15, 0.2) is 12.3 Å². The number of hydrogen-bond donors (Lipinski definition) is 3. The van der Waals surface area contributed by atoms with E-state index in [1.54, 1.807) is 16.9 Å². The number of hydrogen-bond acceptors (Lipinski definition) is 4. The number of piperidine rings is 1. The quantitative estimate of drug-likeness (QED) is 0.711. The summed E-state index contributed by atoms with van der Waals surface area (Å²) >= 11 is 0. The Labute approximate surface area is 144 Å². The van der Waals surface area contributed by atoms with Crippen LogP contribution in [0.5, 0.6) is 0 Å². The Balaban J connectivity index is 1.72. The predicted octanol–water partition coefficient (Wildman–Crippen LogP) is 2.07. The number of aliphatic hydroxyl groups excluding tert-OH is 1. The fraction of sp³-hybridized carbons (Fsp3) is 0.765. The molecule has 1 aromatic heterocycles. The molecule has 0 aromatic carbocycles. The van der Waals surface area contributed by atoms with Crippen LogP contribution in [0.25, 0.3) is 0 Å². The summed E-state index contributed by atoms with van der Waals surface area (Å²) in [6, 6.07) is 1.69. The molecule has 2 unspecified atom stereocenters. The van der Waals surface area contributed by atoms with Gasteiger partial charge in [0.2, 0.25) is 0 Å².